The maximum Gasteiger partial charge on any atom is 0.305 e. The van der Waals surface area contributed by atoms with Gasteiger partial charge in [-0.15, -0.1) is 0 Å². The minimum Gasteiger partial charge on any atom is -0.432 e. The van der Waals surface area contributed by atoms with Gasteiger partial charge in [0, 0.05) is 6.92 Å². The molecule has 3 nitrogen and oxygen atoms in total. The molecule has 0 bridgehead atoms. The second-order valence-electron chi connectivity index (χ2n) is 2.57. The van der Waals surface area contributed by atoms with Gasteiger partial charge >= 0.3 is 5.97 Å². The lowest BCUT2D eigenvalue weighted by molar-refractivity contribution is -0.157. The van der Waals surface area contributed by atoms with E-state index in [4.69, 9.17) is 5.11 Å². The second-order valence-corrected chi connectivity index (χ2v) is 2.57. The standard InChI is InChI=1S/C10H16O3/c1-3-4-5-6-7-8-10(12)13-9(2)11/h3-4,7-8,10,12H,5-6H2,1-2H3/b4-3+,8-7+. The van der Waals surface area contributed by atoms with Gasteiger partial charge in [0.1, 0.15) is 0 Å². The van der Waals surface area contributed by atoms with E-state index in [-0.39, 0.29) is 0 Å². The number of ether oxygens (including phenoxy) is 1. The molecule has 0 aromatic rings. The van der Waals surface area contributed by atoms with E-state index in [9.17, 15) is 4.79 Å². The molecule has 0 fully saturated rings. The van der Waals surface area contributed by atoms with Crippen LogP contribution in [-0.4, -0.2) is 17.4 Å². The number of aliphatic hydroxyl groups is 1. The summed E-state index contributed by atoms with van der Waals surface area (Å²) in [6, 6.07) is 0. The van der Waals surface area contributed by atoms with Gasteiger partial charge in [-0.3, -0.25) is 4.79 Å². The molecule has 0 aliphatic rings. The van der Waals surface area contributed by atoms with Crippen molar-refractivity contribution in [3.8, 4) is 0 Å². The van der Waals surface area contributed by atoms with E-state index in [1.54, 1.807) is 6.08 Å². The van der Waals surface area contributed by atoms with Crippen LogP contribution >= 0.6 is 0 Å². The van der Waals surface area contributed by atoms with Crippen LogP contribution < -0.4 is 0 Å². The first kappa shape index (κ1) is 11.9. The molecule has 1 atom stereocenters. The van der Waals surface area contributed by atoms with Crippen molar-refractivity contribution in [1.29, 1.82) is 0 Å². The predicted octanol–water partition coefficient (Wildman–Crippen LogP) is 1.78. The molecule has 0 rings (SSSR count). The highest BCUT2D eigenvalue weighted by Gasteiger charge is 1.99. The molecule has 0 radical (unpaired) electrons. The summed E-state index contributed by atoms with van der Waals surface area (Å²) >= 11 is 0. The number of esters is 1. The molecule has 0 aliphatic carbocycles. The molecule has 0 saturated heterocycles. The van der Waals surface area contributed by atoms with Crippen LogP contribution in [0.4, 0.5) is 0 Å². The zero-order valence-corrected chi connectivity index (χ0v) is 8.06. The number of carbonyl (C=O) groups excluding carboxylic acids is 1. The SMILES string of the molecule is C/C=C/CC/C=C/C(O)OC(C)=O. The highest BCUT2D eigenvalue weighted by atomic mass is 16.6. The van der Waals surface area contributed by atoms with Gasteiger partial charge in [0.05, 0.1) is 0 Å². The monoisotopic (exact) mass is 184 g/mol. The lowest BCUT2D eigenvalue weighted by atomic mass is 10.2. The number of rotatable bonds is 5. The van der Waals surface area contributed by atoms with Crippen molar-refractivity contribution in [1.82, 2.24) is 0 Å². The summed E-state index contributed by atoms with van der Waals surface area (Å²) < 4.78 is 4.47. The highest BCUT2D eigenvalue weighted by molar-refractivity contribution is 5.66. The van der Waals surface area contributed by atoms with Crippen LogP contribution in [0.25, 0.3) is 0 Å². The maximum absolute atomic E-state index is 10.4. The van der Waals surface area contributed by atoms with E-state index in [1.807, 2.05) is 19.1 Å². The molecule has 1 N–H and O–H groups in total. The van der Waals surface area contributed by atoms with E-state index in [2.05, 4.69) is 4.74 Å². The summed E-state index contributed by atoms with van der Waals surface area (Å²) in [5.41, 5.74) is 0. The van der Waals surface area contributed by atoms with Crippen molar-refractivity contribution in [3.05, 3.63) is 24.3 Å². The first-order chi connectivity index (χ1) is 6.16. The van der Waals surface area contributed by atoms with E-state index < -0.39 is 12.3 Å². The minimum atomic E-state index is -1.11. The normalized spacial score (nSPS) is 13.8. The average Bonchev–Trinajstić information content (AvgIpc) is 2.02. The van der Waals surface area contributed by atoms with Gasteiger partial charge in [-0.05, 0) is 25.8 Å². The summed E-state index contributed by atoms with van der Waals surface area (Å²) in [7, 11) is 0. The summed E-state index contributed by atoms with van der Waals surface area (Å²) in [4.78, 5) is 10.4. The first-order valence-electron chi connectivity index (χ1n) is 4.30. The number of allylic oxidation sites excluding steroid dienone is 3. The Morgan fingerprint density at radius 3 is 2.62 bits per heavy atom. The molecular weight excluding hydrogens is 168 g/mol. The van der Waals surface area contributed by atoms with E-state index in [0.29, 0.717) is 0 Å². The summed E-state index contributed by atoms with van der Waals surface area (Å²) in [5.74, 6) is -0.481. The third-order valence-corrected chi connectivity index (χ3v) is 1.32. The van der Waals surface area contributed by atoms with Crippen LogP contribution in [0, 0.1) is 0 Å². The largest absolute Gasteiger partial charge is 0.432 e. The number of unbranched alkanes of at least 4 members (excludes halogenated alkanes) is 1. The van der Waals surface area contributed by atoms with Gasteiger partial charge in [-0.25, -0.2) is 0 Å². The number of hydrogen-bond donors (Lipinski definition) is 1. The van der Waals surface area contributed by atoms with Crippen molar-refractivity contribution in [2.24, 2.45) is 0 Å². The smallest absolute Gasteiger partial charge is 0.305 e. The first-order valence-corrected chi connectivity index (χ1v) is 4.30. The van der Waals surface area contributed by atoms with Gasteiger partial charge in [-0.2, -0.15) is 0 Å². The Hall–Kier alpha value is -1.09. The fourth-order valence-electron chi connectivity index (χ4n) is 0.781. The maximum atomic E-state index is 10.4. The topological polar surface area (TPSA) is 46.5 Å². The zero-order chi connectivity index (χ0) is 10.1. The van der Waals surface area contributed by atoms with Crippen LogP contribution in [-0.2, 0) is 9.53 Å². The summed E-state index contributed by atoms with van der Waals surface area (Å²) in [6.45, 7) is 3.22. The Morgan fingerprint density at radius 2 is 2.08 bits per heavy atom. The highest BCUT2D eigenvalue weighted by Crippen LogP contribution is 1.96. The van der Waals surface area contributed by atoms with Gasteiger partial charge in [-0.1, -0.05) is 18.2 Å². The van der Waals surface area contributed by atoms with Crippen molar-refractivity contribution in [3.63, 3.8) is 0 Å². The van der Waals surface area contributed by atoms with Gasteiger partial charge < -0.3 is 9.84 Å². The molecule has 0 aromatic carbocycles. The van der Waals surface area contributed by atoms with E-state index in [1.165, 1.54) is 13.0 Å². The fraction of sp³-hybridized carbons (Fsp3) is 0.500. The molecule has 0 spiro atoms. The van der Waals surface area contributed by atoms with Crippen LogP contribution in [0.15, 0.2) is 24.3 Å². The minimum absolute atomic E-state index is 0.481. The molecule has 0 amide bonds. The molecular formula is C10H16O3. The Morgan fingerprint density at radius 1 is 1.46 bits per heavy atom. The Balaban J connectivity index is 3.53. The molecule has 0 aromatic heterocycles. The number of carbonyl (C=O) groups is 1. The van der Waals surface area contributed by atoms with Crippen LogP contribution in [0.3, 0.4) is 0 Å². The van der Waals surface area contributed by atoms with Crippen LogP contribution in [0.5, 0.6) is 0 Å². The Bertz CT molecular complexity index is 194. The Labute approximate surface area is 78.7 Å². The molecule has 0 aliphatic heterocycles. The molecule has 0 saturated carbocycles. The van der Waals surface area contributed by atoms with Crippen molar-refractivity contribution in [2.75, 3.05) is 0 Å². The lowest BCUT2D eigenvalue weighted by Crippen LogP contribution is -2.11. The van der Waals surface area contributed by atoms with Gasteiger partial charge in [0.25, 0.3) is 0 Å². The zero-order valence-electron chi connectivity index (χ0n) is 8.06. The van der Waals surface area contributed by atoms with Crippen LogP contribution in [0.1, 0.15) is 26.7 Å². The second kappa shape index (κ2) is 7.55. The van der Waals surface area contributed by atoms with Crippen molar-refractivity contribution >= 4 is 5.97 Å². The lowest BCUT2D eigenvalue weighted by Gasteiger charge is -2.03. The van der Waals surface area contributed by atoms with E-state index >= 15 is 0 Å². The van der Waals surface area contributed by atoms with Gasteiger partial charge in [0.15, 0.2) is 0 Å². The molecule has 74 valence electrons. The molecule has 1 unspecified atom stereocenters. The number of aliphatic hydroxyl groups excluding tert-OH is 1. The predicted molar refractivity (Wildman–Crippen MR) is 51.0 cm³/mol. The molecule has 3 heteroatoms. The van der Waals surface area contributed by atoms with Crippen molar-refractivity contribution in [2.45, 2.75) is 33.0 Å². The number of hydrogen-bond acceptors (Lipinski definition) is 3. The summed E-state index contributed by atoms with van der Waals surface area (Å²) in [5, 5.41) is 9.03. The van der Waals surface area contributed by atoms with Crippen molar-refractivity contribution < 1.29 is 14.6 Å². The fourth-order valence-corrected chi connectivity index (χ4v) is 0.781. The summed E-state index contributed by atoms with van der Waals surface area (Å²) in [6.07, 6.45) is 7.91. The average molecular weight is 184 g/mol. The molecule has 0 heterocycles. The molecule has 13 heavy (non-hydrogen) atoms. The Kier molecular flexibility index (Phi) is 6.92. The van der Waals surface area contributed by atoms with E-state index in [0.717, 1.165) is 12.8 Å². The third kappa shape index (κ3) is 8.82. The third-order valence-electron chi connectivity index (χ3n) is 1.32. The van der Waals surface area contributed by atoms with Gasteiger partial charge in [0.2, 0.25) is 6.29 Å². The van der Waals surface area contributed by atoms with Crippen LogP contribution in [0.2, 0.25) is 0 Å². The quantitative estimate of drug-likeness (QED) is 0.306.